The van der Waals surface area contributed by atoms with Gasteiger partial charge in [0.25, 0.3) is 0 Å². The lowest BCUT2D eigenvalue weighted by Crippen LogP contribution is -2.55. The van der Waals surface area contributed by atoms with Gasteiger partial charge in [0.1, 0.15) is 4.75 Å². The van der Waals surface area contributed by atoms with E-state index in [0.29, 0.717) is 19.4 Å². The highest BCUT2D eigenvalue weighted by Crippen LogP contribution is 2.39. The van der Waals surface area contributed by atoms with Gasteiger partial charge in [0.05, 0.1) is 6.61 Å². The molecule has 0 saturated heterocycles. The van der Waals surface area contributed by atoms with Gasteiger partial charge in [-0.15, -0.1) is 0 Å². The summed E-state index contributed by atoms with van der Waals surface area (Å²) in [7, 11) is -1.67. The first kappa shape index (κ1) is 11.9. The van der Waals surface area contributed by atoms with E-state index in [4.69, 9.17) is 4.74 Å². The Bertz CT molecular complexity index is 280. The molecule has 0 aromatic carbocycles. The Morgan fingerprint density at radius 1 is 1.43 bits per heavy atom. The van der Waals surface area contributed by atoms with Gasteiger partial charge in [0.2, 0.25) is 10.0 Å². The number of hydrogen-bond donors (Lipinski definition) is 1. The van der Waals surface area contributed by atoms with Gasteiger partial charge >= 0.3 is 0 Å². The fourth-order valence-electron chi connectivity index (χ4n) is 1.76. The van der Waals surface area contributed by atoms with Crippen molar-refractivity contribution in [1.29, 1.82) is 0 Å². The Morgan fingerprint density at radius 3 is 2.29 bits per heavy atom. The first-order valence-electron chi connectivity index (χ1n) is 4.94. The minimum atomic E-state index is -3.22. The highest BCUT2D eigenvalue weighted by Gasteiger charge is 2.49. The van der Waals surface area contributed by atoms with E-state index in [1.165, 1.54) is 0 Å². The van der Waals surface area contributed by atoms with Crippen molar-refractivity contribution in [2.24, 2.45) is 0 Å². The van der Waals surface area contributed by atoms with Crippen molar-refractivity contribution in [1.82, 2.24) is 4.72 Å². The minimum absolute atomic E-state index is 0.0469. The summed E-state index contributed by atoms with van der Waals surface area (Å²) in [6, 6.07) is -0.0469. The zero-order valence-electron chi connectivity index (χ0n) is 9.04. The zero-order valence-corrected chi connectivity index (χ0v) is 9.86. The second-order valence-corrected chi connectivity index (χ2v) is 6.35. The summed E-state index contributed by atoms with van der Waals surface area (Å²) in [6.07, 6.45) is 2.40. The van der Waals surface area contributed by atoms with E-state index in [0.717, 1.165) is 6.42 Å². The Hall–Kier alpha value is -0.130. The van der Waals surface area contributed by atoms with Gasteiger partial charge in [-0.3, -0.25) is 0 Å². The summed E-state index contributed by atoms with van der Waals surface area (Å²) < 4.78 is 30.9. The van der Waals surface area contributed by atoms with Crippen LogP contribution in [-0.4, -0.2) is 32.9 Å². The van der Waals surface area contributed by atoms with Gasteiger partial charge in [-0.1, -0.05) is 6.42 Å². The average molecular weight is 221 g/mol. The maximum Gasteiger partial charge on any atom is 0.219 e. The first-order chi connectivity index (χ1) is 6.43. The lowest BCUT2D eigenvalue weighted by molar-refractivity contribution is 0.126. The van der Waals surface area contributed by atoms with Crippen LogP contribution in [0.25, 0.3) is 0 Å². The van der Waals surface area contributed by atoms with Crippen LogP contribution in [0.3, 0.4) is 0 Å². The standard InChI is InChI=1S/C9H19NO3S/c1-8(2)10-14(11,12)9(7-13-3)5-4-6-9/h8,10H,4-7H2,1-3H3. The Kier molecular flexibility index (Phi) is 3.55. The Morgan fingerprint density at radius 2 is 2.00 bits per heavy atom. The van der Waals surface area contributed by atoms with Gasteiger partial charge in [-0.25, -0.2) is 13.1 Å². The Labute approximate surface area is 86.1 Å². The van der Waals surface area contributed by atoms with Gasteiger partial charge in [0.15, 0.2) is 0 Å². The molecule has 0 aliphatic heterocycles. The third-order valence-electron chi connectivity index (χ3n) is 2.63. The van der Waals surface area contributed by atoms with E-state index in [9.17, 15) is 8.42 Å². The second kappa shape index (κ2) is 4.16. The molecule has 0 unspecified atom stereocenters. The molecule has 1 fully saturated rings. The van der Waals surface area contributed by atoms with Crippen LogP contribution in [0.15, 0.2) is 0 Å². The molecule has 5 heteroatoms. The van der Waals surface area contributed by atoms with Gasteiger partial charge in [-0.05, 0) is 26.7 Å². The molecule has 0 aromatic heterocycles. The van der Waals surface area contributed by atoms with E-state index in [2.05, 4.69) is 4.72 Å². The predicted octanol–water partition coefficient (Wildman–Crippen LogP) is 0.883. The van der Waals surface area contributed by atoms with E-state index < -0.39 is 14.8 Å². The molecule has 0 aromatic rings. The predicted molar refractivity (Wildman–Crippen MR) is 55.6 cm³/mol. The molecule has 0 spiro atoms. The van der Waals surface area contributed by atoms with Crippen LogP contribution >= 0.6 is 0 Å². The summed E-state index contributed by atoms with van der Waals surface area (Å²) in [6.45, 7) is 3.96. The van der Waals surface area contributed by atoms with Crippen LogP contribution in [0.5, 0.6) is 0 Å². The molecule has 84 valence electrons. The maximum atomic E-state index is 11.9. The quantitative estimate of drug-likeness (QED) is 0.750. The number of rotatable bonds is 5. The van der Waals surface area contributed by atoms with Gasteiger partial charge in [-0.2, -0.15) is 0 Å². The van der Waals surface area contributed by atoms with Crippen LogP contribution in [0.4, 0.5) is 0 Å². The lowest BCUT2D eigenvalue weighted by atomic mass is 9.85. The summed E-state index contributed by atoms with van der Waals surface area (Å²) in [5.41, 5.74) is 0. The molecule has 1 aliphatic carbocycles. The van der Waals surface area contributed by atoms with Crippen molar-refractivity contribution < 1.29 is 13.2 Å². The molecule has 0 radical (unpaired) electrons. The molecule has 1 rings (SSSR count). The molecular formula is C9H19NO3S. The molecule has 1 N–H and O–H groups in total. The molecule has 4 nitrogen and oxygen atoms in total. The monoisotopic (exact) mass is 221 g/mol. The van der Waals surface area contributed by atoms with Crippen molar-refractivity contribution in [3.63, 3.8) is 0 Å². The third kappa shape index (κ3) is 2.10. The largest absolute Gasteiger partial charge is 0.383 e. The Balaban J connectivity index is 2.77. The normalized spacial score (nSPS) is 20.9. The summed E-state index contributed by atoms with van der Waals surface area (Å²) in [5.74, 6) is 0. The van der Waals surface area contributed by atoms with Crippen molar-refractivity contribution in [3.8, 4) is 0 Å². The zero-order chi connectivity index (χ0) is 10.8. The highest BCUT2D eigenvalue weighted by atomic mass is 32.2. The summed E-state index contributed by atoms with van der Waals surface area (Å²) >= 11 is 0. The van der Waals surface area contributed by atoms with Crippen molar-refractivity contribution in [2.75, 3.05) is 13.7 Å². The number of ether oxygens (including phenoxy) is 1. The molecule has 1 aliphatic rings. The second-order valence-electron chi connectivity index (χ2n) is 4.25. The molecule has 0 heterocycles. The van der Waals surface area contributed by atoms with Crippen LogP contribution < -0.4 is 4.72 Å². The molecular weight excluding hydrogens is 202 g/mol. The van der Waals surface area contributed by atoms with E-state index in [1.54, 1.807) is 7.11 Å². The van der Waals surface area contributed by atoms with E-state index >= 15 is 0 Å². The van der Waals surface area contributed by atoms with Crippen molar-refractivity contribution >= 4 is 10.0 Å². The van der Waals surface area contributed by atoms with Crippen LogP contribution in [0, 0.1) is 0 Å². The summed E-state index contributed by atoms with van der Waals surface area (Å²) in [5, 5.41) is 0. The number of nitrogens with one attached hydrogen (secondary N) is 1. The van der Waals surface area contributed by atoms with E-state index in [-0.39, 0.29) is 6.04 Å². The van der Waals surface area contributed by atoms with Crippen LogP contribution in [0.2, 0.25) is 0 Å². The van der Waals surface area contributed by atoms with Gasteiger partial charge in [0, 0.05) is 13.2 Å². The SMILES string of the molecule is COCC1(S(=O)(=O)NC(C)C)CCC1. The van der Waals surface area contributed by atoms with Crippen LogP contribution in [-0.2, 0) is 14.8 Å². The number of methoxy groups -OCH3 is 1. The molecule has 14 heavy (non-hydrogen) atoms. The van der Waals surface area contributed by atoms with E-state index in [1.807, 2.05) is 13.8 Å². The van der Waals surface area contributed by atoms with Crippen molar-refractivity contribution in [2.45, 2.75) is 43.9 Å². The maximum absolute atomic E-state index is 11.9. The number of sulfonamides is 1. The summed E-state index contributed by atoms with van der Waals surface area (Å²) in [4.78, 5) is 0. The minimum Gasteiger partial charge on any atom is -0.383 e. The smallest absolute Gasteiger partial charge is 0.219 e. The molecule has 0 atom stereocenters. The van der Waals surface area contributed by atoms with Crippen molar-refractivity contribution in [3.05, 3.63) is 0 Å². The average Bonchev–Trinajstić information content (AvgIpc) is 1.93. The fourth-order valence-corrected chi connectivity index (χ4v) is 3.73. The molecule has 1 saturated carbocycles. The third-order valence-corrected chi connectivity index (χ3v) is 5.08. The molecule has 0 amide bonds. The first-order valence-corrected chi connectivity index (χ1v) is 6.43. The number of hydrogen-bond acceptors (Lipinski definition) is 3. The van der Waals surface area contributed by atoms with Crippen LogP contribution in [0.1, 0.15) is 33.1 Å². The highest BCUT2D eigenvalue weighted by molar-refractivity contribution is 7.91. The topological polar surface area (TPSA) is 55.4 Å². The van der Waals surface area contributed by atoms with Gasteiger partial charge < -0.3 is 4.74 Å². The fraction of sp³-hybridized carbons (Fsp3) is 1.00. The lowest BCUT2D eigenvalue weighted by Gasteiger charge is -2.40. The molecule has 0 bridgehead atoms.